The monoisotopic (exact) mass is 326 g/mol. The summed E-state index contributed by atoms with van der Waals surface area (Å²) in [6, 6.07) is 9.96. The first-order chi connectivity index (χ1) is 10.9. The molecule has 0 aliphatic carbocycles. The van der Waals surface area contributed by atoms with Crippen molar-refractivity contribution in [2.45, 2.75) is 19.5 Å². The molecule has 2 rings (SSSR count). The number of aryl methyl sites for hydroxylation is 1. The molecule has 0 saturated heterocycles. The quantitative estimate of drug-likeness (QED) is 0.791. The first-order valence-electron chi connectivity index (χ1n) is 7.09. The van der Waals surface area contributed by atoms with E-state index in [1.165, 1.54) is 24.3 Å². The van der Waals surface area contributed by atoms with Crippen LogP contribution in [-0.2, 0) is 6.18 Å². The molecular weight excluding hydrogens is 309 g/mol. The number of rotatable bonds is 6. The fourth-order valence-electron chi connectivity index (χ4n) is 2.03. The van der Waals surface area contributed by atoms with Crippen LogP contribution in [0.25, 0.3) is 0 Å². The van der Waals surface area contributed by atoms with Crippen LogP contribution in [0.5, 0.6) is 17.2 Å². The molecule has 0 aliphatic rings. The summed E-state index contributed by atoms with van der Waals surface area (Å²) < 4.78 is 49.8. The highest BCUT2D eigenvalue weighted by atomic mass is 19.4. The van der Waals surface area contributed by atoms with Crippen LogP contribution in [0.3, 0.4) is 0 Å². The molecule has 6 heteroatoms. The maximum absolute atomic E-state index is 13.0. The third kappa shape index (κ3) is 4.89. The Bertz CT molecular complexity index is 654. The van der Waals surface area contributed by atoms with Crippen molar-refractivity contribution in [1.29, 1.82) is 0 Å². The van der Waals surface area contributed by atoms with E-state index >= 15 is 0 Å². The van der Waals surface area contributed by atoms with E-state index in [4.69, 9.17) is 14.6 Å². The summed E-state index contributed by atoms with van der Waals surface area (Å²) in [5.74, 6) is 0.491. The lowest BCUT2D eigenvalue weighted by molar-refractivity contribution is -0.138. The highest BCUT2D eigenvalue weighted by Crippen LogP contribution is 2.38. The number of halogens is 3. The lowest BCUT2D eigenvalue weighted by atomic mass is 10.2. The number of aliphatic hydroxyl groups excluding tert-OH is 1. The van der Waals surface area contributed by atoms with Crippen LogP contribution in [0.4, 0.5) is 13.2 Å². The third-order valence-corrected chi connectivity index (χ3v) is 3.02. The summed E-state index contributed by atoms with van der Waals surface area (Å²) in [7, 11) is 0. The number of benzene rings is 2. The van der Waals surface area contributed by atoms with Crippen molar-refractivity contribution in [3.05, 3.63) is 53.6 Å². The van der Waals surface area contributed by atoms with Crippen molar-refractivity contribution in [1.82, 2.24) is 0 Å². The molecule has 0 bridgehead atoms. The second-order valence-corrected chi connectivity index (χ2v) is 5.00. The third-order valence-electron chi connectivity index (χ3n) is 3.02. The molecule has 0 fully saturated rings. The number of ether oxygens (including phenoxy) is 2. The topological polar surface area (TPSA) is 38.7 Å². The molecule has 0 aliphatic heterocycles. The molecule has 23 heavy (non-hydrogen) atoms. The largest absolute Gasteiger partial charge is 0.493 e. The molecule has 0 heterocycles. The summed E-state index contributed by atoms with van der Waals surface area (Å²) in [5, 5.41) is 8.74. The van der Waals surface area contributed by atoms with Crippen LogP contribution in [0.1, 0.15) is 17.5 Å². The van der Waals surface area contributed by atoms with Gasteiger partial charge >= 0.3 is 6.18 Å². The van der Waals surface area contributed by atoms with Crippen molar-refractivity contribution in [2.75, 3.05) is 13.2 Å². The summed E-state index contributed by atoms with van der Waals surface area (Å²) in [6.45, 7) is 2.12. The fourth-order valence-corrected chi connectivity index (χ4v) is 2.03. The summed E-state index contributed by atoms with van der Waals surface area (Å²) >= 11 is 0. The zero-order valence-electron chi connectivity index (χ0n) is 12.6. The zero-order valence-corrected chi connectivity index (χ0v) is 12.6. The standard InChI is InChI=1S/C17H17F3O3/c1-12-9-13(22-8-4-7-21)11-14(10-12)23-16-6-3-2-5-15(16)17(18,19)20/h2-3,5-6,9-11,21H,4,7-8H2,1H3. The highest BCUT2D eigenvalue weighted by Gasteiger charge is 2.34. The van der Waals surface area contributed by atoms with Gasteiger partial charge < -0.3 is 14.6 Å². The highest BCUT2D eigenvalue weighted by molar-refractivity contribution is 5.43. The van der Waals surface area contributed by atoms with E-state index in [0.717, 1.165) is 11.6 Å². The Morgan fingerprint density at radius 1 is 1.04 bits per heavy atom. The van der Waals surface area contributed by atoms with Crippen LogP contribution in [0, 0.1) is 6.92 Å². The maximum atomic E-state index is 13.0. The Balaban J connectivity index is 2.24. The minimum Gasteiger partial charge on any atom is -0.493 e. The number of hydrogen-bond acceptors (Lipinski definition) is 3. The molecule has 2 aromatic rings. The normalized spacial score (nSPS) is 11.3. The van der Waals surface area contributed by atoms with Crippen molar-refractivity contribution in [3.8, 4) is 17.2 Å². The molecule has 0 aromatic heterocycles. The van der Waals surface area contributed by atoms with E-state index in [-0.39, 0.29) is 18.1 Å². The second-order valence-electron chi connectivity index (χ2n) is 5.00. The molecule has 0 atom stereocenters. The minimum atomic E-state index is -4.49. The Morgan fingerprint density at radius 3 is 2.43 bits per heavy atom. The average Bonchev–Trinajstić information content (AvgIpc) is 2.46. The molecule has 2 aromatic carbocycles. The van der Waals surface area contributed by atoms with Gasteiger partial charge in [-0.3, -0.25) is 0 Å². The number of alkyl halides is 3. The lowest BCUT2D eigenvalue weighted by Crippen LogP contribution is -2.07. The van der Waals surface area contributed by atoms with Crippen LogP contribution in [0.2, 0.25) is 0 Å². The average molecular weight is 326 g/mol. The van der Waals surface area contributed by atoms with Crippen LogP contribution in [0.15, 0.2) is 42.5 Å². The smallest absolute Gasteiger partial charge is 0.419 e. The zero-order chi connectivity index (χ0) is 16.9. The van der Waals surface area contributed by atoms with Crippen molar-refractivity contribution in [3.63, 3.8) is 0 Å². The van der Waals surface area contributed by atoms with Crippen molar-refractivity contribution in [2.24, 2.45) is 0 Å². The summed E-state index contributed by atoms with van der Waals surface area (Å²) in [6.07, 6.45) is -4.01. The molecule has 1 N–H and O–H groups in total. The van der Waals surface area contributed by atoms with Gasteiger partial charge in [-0.25, -0.2) is 0 Å². The molecule has 0 saturated carbocycles. The number of aliphatic hydroxyl groups is 1. The molecule has 0 unspecified atom stereocenters. The SMILES string of the molecule is Cc1cc(OCCCO)cc(Oc2ccccc2C(F)(F)F)c1. The minimum absolute atomic E-state index is 0.00807. The molecule has 124 valence electrons. The van der Waals surface area contributed by atoms with Gasteiger partial charge in [0.05, 0.1) is 12.2 Å². The predicted molar refractivity (Wildman–Crippen MR) is 79.9 cm³/mol. The fraction of sp³-hybridized carbons (Fsp3) is 0.294. The first kappa shape index (κ1) is 17.1. The Hall–Kier alpha value is -2.21. The van der Waals surface area contributed by atoms with Gasteiger partial charge in [-0.05, 0) is 36.8 Å². The van der Waals surface area contributed by atoms with E-state index < -0.39 is 11.7 Å². The predicted octanol–water partition coefficient (Wildman–Crippen LogP) is 4.57. The van der Waals surface area contributed by atoms with Gasteiger partial charge in [0.2, 0.25) is 0 Å². The number of para-hydroxylation sites is 1. The van der Waals surface area contributed by atoms with E-state index in [9.17, 15) is 13.2 Å². The van der Waals surface area contributed by atoms with Gasteiger partial charge in [-0.2, -0.15) is 13.2 Å². The molecular formula is C17H17F3O3. The maximum Gasteiger partial charge on any atom is 0.419 e. The van der Waals surface area contributed by atoms with Gasteiger partial charge in [0, 0.05) is 19.1 Å². The second kappa shape index (κ2) is 7.37. The Labute approximate surface area is 132 Å². The van der Waals surface area contributed by atoms with Gasteiger partial charge in [0.1, 0.15) is 17.2 Å². The van der Waals surface area contributed by atoms with Crippen LogP contribution >= 0.6 is 0 Å². The lowest BCUT2D eigenvalue weighted by Gasteiger charge is -2.15. The summed E-state index contributed by atoms with van der Waals surface area (Å²) in [4.78, 5) is 0. The Kier molecular flexibility index (Phi) is 5.50. The Morgan fingerprint density at radius 2 is 1.74 bits per heavy atom. The first-order valence-corrected chi connectivity index (χ1v) is 7.09. The molecule has 3 nitrogen and oxygen atoms in total. The van der Waals surface area contributed by atoms with E-state index in [0.29, 0.717) is 18.8 Å². The van der Waals surface area contributed by atoms with Gasteiger partial charge in [0.15, 0.2) is 0 Å². The van der Waals surface area contributed by atoms with Gasteiger partial charge in [-0.15, -0.1) is 0 Å². The van der Waals surface area contributed by atoms with Gasteiger partial charge in [0.25, 0.3) is 0 Å². The number of hydrogen-bond donors (Lipinski definition) is 1. The van der Waals surface area contributed by atoms with Gasteiger partial charge in [-0.1, -0.05) is 12.1 Å². The van der Waals surface area contributed by atoms with E-state index in [2.05, 4.69) is 0 Å². The van der Waals surface area contributed by atoms with Crippen molar-refractivity contribution >= 4 is 0 Å². The van der Waals surface area contributed by atoms with E-state index in [1.54, 1.807) is 19.1 Å². The molecule has 0 spiro atoms. The summed E-state index contributed by atoms with van der Waals surface area (Å²) in [5.41, 5.74) is -0.0322. The molecule has 0 amide bonds. The van der Waals surface area contributed by atoms with E-state index in [1.807, 2.05) is 0 Å². The van der Waals surface area contributed by atoms with Crippen LogP contribution in [-0.4, -0.2) is 18.3 Å². The van der Waals surface area contributed by atoms with Crippen LogP contribution < -0.4 is 9.47 Å². The van der Waals surface area contributed by atoms with Crippen molar-refractivity contribution < 1.29 is 27.8 Å². The molecule has 0 radical (unpaired) electrons.